The Labute approximate surface area is 103 Å². The van der Waals surface area contributed by atoms with Gasteiger partial charge in [0.15, 0.2) is 0 Å². The first-order chi connectivity index (χ1) is 8.22. The minimum atomic E-state index is -0.309. The molecule has 0 amide bonds. The van der Waals surface area contributed by atoms with Gasteiger partial charge in [-0.1, -0.05) is 36.9 Å². The molecule has 0 bridgehead atoms. The summed E-state index contributed by atoms with van der Waals surface area (Å²) in [6.07, 6.45) is 6.39. The van der Waals surface area contributed by atoms with Crippen molar-refractivity contribution in [1.82, 2.24) is 0 Å². The summed E-state index contributed by atoms with van der Waals surface area (Å²) < 4.78 is 11.4. The summed E-state index contributed by atoms with van der Waals surface area (Å²) in [7, 11) is 0. The van der Waals surface area contributed by atoms with Gasteiger partial charge >= 0.3 is 0 Å². The van der Waals surface area contributed by atoms with Crippen LogP contribution in [0.1, 0.15) is 18.9 Å². The highest BCUT2D eigenvalue weighted by molar-refractivity contribution is 5.14. The first-order valence-corrected chi connectivity index (χ1v) is 5.85. The van der Waals surface area contributed by atoms with E-state index in [0.717, 1.165) is 6.42 Å². The second-order valence-electron chi connectivity index (χ2n) is 4.50. The van der Waals surface area contributed by atoms with E-state index in [1.54, 1.807) is 6.26 Å². The summed E-state index contributed by atoms with van der Waals surface area (Å²) in [6, 6.07) is 10.2. The number of benzene rings is 1. The van der Waals surface area contributed by atoms with Crippen molar-refractivity contribution in [3.05, 3.63) is 60.9 Å². The highest BCUT2D eigenvalue weighted by atomic mass is 16.5. The third kappa shape index (κ3) is 3.21. The van der Waals surface area contributed by atoms with Gasteiger partial charge in [0.1, 0.15) is 5.60 Å². The molecule has 2 heteroatoms. The maximum atomic E-state index is 5.85. The molecule has 2 rings (SSSR count). The quantitative estimate of drug-likeness (QED) is 0.737. The van der Waals surface area contributed by atoms with Crippen molar-refractivity contribution in [2.24, 2.45) is 0 Å². The first kappa shape index (κ1) is 11.9. The monoisotopic (exact) mass is 230 g/mol. The van der Waals surface area contributed by atoms with Gasteiger partial charge in [0.25, 0.3) is 0 Å². The largest absolute Gasteiger partial charge is 0.491 e. The molecular weight excluding hydrogens is 212 g/mol. The van der Waals surface area contributed by atoms with Crippen LogP contribution in [0.3, 0.4) is 0 Å². The molecule has 2 atom stereocenters. The van der Waals surface area contributed by atoms with Gasteiger partial charge in [0.05, 0.1) is 19.0 Å². The summed E-state index contributed by atoms with van der Waals surface area (Å²) in [5.41, 5.74) is 0.878. The molecule has 0 saturated heterocycles. The summed E-state index contributed by atoms with van der Waals surface area (Å²) in [6.45, 7) is 6.44. The van der Waals surface area contributed by atoms with Crippen LogP contribution in [0.2, 0.25) is 0 Å². The van der Waals surface area contributed by atoms with Crippen molar-refractivity contribution in [1.29, 1.82) is 0 Å². The molecule has 1 aromatic rings. The van der Waals surface area contributed by atoms with Gasteiger partial charge in [0.2, 0.25) is 0 Å². The predicted octanol–water partition coefficient (Wildman–Crippen LogP) is 3.45. The van der Waals surface area contributed by atoms with Gasteiger partial charge in [0, 0.05) is 6.42 Å². The number of ether oxygens (including phenoxy) is 2. The smallest absolute Gasteiger partial charge is 0.126 e. The topological polar surface area (TPSA) is 18.5 Å². The third-order valence-electron chi connectivity index (χ3n) is 2.98. The lowest BCUT2D eigenvalue weighted by atomic mass is 9.96. The zero-order valence-electron chi connectivity index (χ0n) is 10.1. The average molecular weight is 230 g/mol. The second-order valence-corrected chi connectivity index (χ2v) is 4.50. The van der Waals surface area contributed by atoms with Crippen LogP contribution in [0, 0.1) is 0 Å². The predicted molar refractivity (Wildman–Crippen MR) is 68.5 cm³/mol. The molecule has 0 saturated carbocycles. The van der Waals surface area contributed by atoms with Gasteiger partial charge in [-0.15, -0.1) is 0 Å². The number of hydrogen-bond acceptors (Lipinski definition) is 2. The molecular formula is C15H18O2. The Bertz CT molecular complexity index is 397. The molecule has 0 radical (unpaired) electrons. The highest BCUT2D eigenvalue weighted by Crippen LogP contribution is 2.26. The summed E-state index contributed by atoms with van der Waals surface area (Å²) in [5.74, 6) is 0. The Kier molecular flexibility index (Phi) is 3.64. The van der Waals surface area contributed by atoms with E-state index in [1.165, 1.54) is 5.56 Å². The molecule has 0 aromatic heterocycles. The van der Waals surface area contributed by atoms with Crippen molar-refractivity contribution in [3.63, 3.8) is 0 Å². The van der Waals surface area contributed by atoms with Crippen molar-refractivity contribution < 1.29 is 9.47 Å². The maximum absolute atomic E-state index is 5.85. The second kappa shape index (κ2) is 5.19. The van der Waals surface area contributed by atoms with Crippen molar-refractivity contribution >= 4 is 0 Å². The van der Waals surface area contributed by atoms with E-state index in [2.05, 4.69) is 18.7 Å². The van der Waals surface area contributed by atoms with E-state index in [1.807, 2.05) is 37.3 Å². The zero-order chi connectivity index (χ0) is 12.1. The summed E-state index contributed by atoms with van der Waals surface area (Å²) >= 11 is 0. The van der Waals surface area contributed by atoms with Crippen LogP contribution in [0.15, 0.2) is 55.3 Å². The van der Waals surface area contributed by atoms with E-state index in [-0.39, 0.29) is 11.7 Å². The van der Waals surface area contributed by atoms with Crippen LogP contribution >= 0.6 is 0 Å². The normalized spacial score (nSPS) is 27.5. The maximum Gasteiger partial charge on any atom is 0.126 e. The lowest BCUT2D eigenvalue weighted by Crippen LogP contribution is -2.33. The number of hydrogen-bond donors (Lipinski definition) is 0. The van der Waals surface area contributed by atoms with Crippen molar-refractivity contribution in [2.75, 3.05) is 0 Å². The highest BCUT2D eigenvalue weighted by Gasteiger charge is 2.28. The van der Waals surface area contributed by atoms with E-state index < -0.39 is 0 Å². The van der Waals surface area contributed by atoms with Crippen LogP contribution < -0.4 is 0 Å². The Morgan fingerprint density at radius 3 is 2.94 bits per heavy atom. The standard InChI is InChI=1S/C15H18O2/c1-3-15(2)11-14(9-10-17-15)16-12-13-7-5-4-6-8-13/h3-10,14H,1,11-12H2,2H3/t14-,15+/m1/s1. The van der Waals surface area contributed by atoms with Crippen LogP contribution in [-0.2, 0) is 16.1 Å². The Hall–Kier alpha value is -1.54. The molecule has 0 fully saturated rings. The van der Waals surface area contributed by atoms with Gasteiger partial charge < -0.3 is 9.47 Å². The molecule has 2 nitrogen and oxygen atoms in total. The van der Waals surface area contributed by atoms with Crippen molar-refractivity contribution in [2.45, 2.75) is 31.7 Å². The van der Waals surface area contributed by atoms with Gasteiger partial charge in [-0.2, -0.15) is 0 Å². The fraction of sp³-hybridized carbons (Fsp3) is 0.333. The third-order valence-corrected chi connectivity index (χ3v) is 2.98. The van der Waals surface area contributed by atoms with E-state index in [9.17, 15) is 0 Å². The molecule has 0 unspecified atom stereocenters. The Morgan fingerprint density at radius 1 is 1.47 bits per heavy atom. The zero-order valence-corrected chi connectivity index (χ0v) is 10.1. The van der Waals surface area contributed by atoms with E-state index in [4.69, 9.17) is 9.47 Å². The molecule has 17 heavy (non-hydrogen) atoms. The molecule has 1 heterocycles. The lowest BCUT2D eigenvalue weighted by molar-refractivity contribution is -0.0189. The molecule has 1 aliphatic rings. The minimum Gasteiger partial charge on any atom is -0.491 e. The molecule has 1 aliphatic heterocycles. The molecule has 0 spiro atoms. The first-order valence-electron chi connectivity index (χ1n) is 5.85. The Balaban J connectivity index is 1.90. The van der Waals surface area contributed by atoms with Gasteiger partial charge in [-0.05, 0) is 24.6 Å². The van der Waals surface area contributed by atoms with E-state index >= 15 is 0 Å². The summed E-state index contributed by atoms with van der Waals surface area (Å²) in [5, 5.41) is 0. The SMILES string of the molecule is C=C[C@@]1(C)C[C@H](OCc2ccccc2)C=CO1. The molecule has 90 valence electrons. The molecule has 0 aliphatic carbocycles. The number of rotatable bonds is 4. The summed E-state index contributed by atoms with van der Waals surface area (Å²) in [4.78, 5) is 0. The fourth-order valence-electron chi connectivity index (χ4n) is 1.82. The van der Waals surface area contributed by atoms with E-state index in [0.29, 0.717) is 6.61 Å². The van der Waals surface area contributed by atoms with Crippen LogP contribution in [0.4, 0.5) is 0 Å². The molecule has 0 N–H and O–H groups in total. The Morgan fingerprint density at radius 2 is 2.24 bits per heavy atom. The van der Waals surface area contributed by atoms with Gasteiger partial charge in [-0.25, -0.2) is 0 Å². The molecule has 1 aromatic carbocycles. The fourth-order valence-corrected chi connectivity index (χ4v) is 1.82. The van der Waals surface area contributed by atoms with Crippen molar-refractivity contribution in [3.8, 4) is 0 Å². The van der Waals surface area contributed by atoms with Gasteiger partial charge in [-0.3, -0.25) is 0 Å². The van der Waals surface area contributed by atoms with Crippen LogP contribution in [0.5, 0.6) is 0 Å². The minimum absolute atomic E-state index is 0.0898. The lowest BCUT2D eigenvalue weighted by Gasteiger charge is -2.32. The van der Waals surface area contributed by atoms with Crippen LogP contribution in [-0.4, -0.2) is 11.7 Å². The average Bonchev–Trinajstić information content (AvgIpc) is 2.38. The van der Waals surface area contributed by atoms with Crippen LogP contribution in [0.25, 0.3) is 0 Å².